The third-order valence-corrected chi connectivity index (χ3v) is 18.1. The minimum atomic E-state index is -0.843. The molecule has 1 unspecified atom stereocenters. The van der Waals surface area contributed by atoms with Crippen LogP contribution >= 0.6 is 0 Å². The van der Waals surface area contributed by atoms with Crippen molar-refractivity contribution in [2.45, 2.75) is 51.7 Å². The fraction of sp³-hybridized carbons (Fsp3) is 1.00. The van der Waals surface area contributed by atoms with Crippen molar-refractivity contribution in [1.29, 1.82) is 0 Å². The minimum absolute atomic E-state index is 0.618. The van der Waals surface area contributed by atoms with Crippen LogP contribution in [0.1, 0.15) is 34.6 Å². The molecular weight excluding hydrogens is 147 g/mol. The SMILES string of the molecule is CC(C)[Si](C)([Na])C(C)(C)C. The molecule has 56 valence electrons. The Labute approximate surface area is 83.0 Å². The molecule has 0 aliphatic rings. The van der Waals surface area contributed by atoms with Crippen molar-refractivity contribution < 1.29 is 0 Å². The molecule has 0 nitrogen and oxygen atoms in total. The summed E-state index contributed by atoms with van der Waals surface area (Å²) in [7, 11) is 0. The van der Waals surface area contributed by atoms with Crippen molar-refractivity contribution in [2.24, 2.45) is 0 Å². The Hall–Kier alpha value is 1.22. The summed E-state index contributed by atoms with van der Waals surface area (Å²) in [4.78, 5) is 0. The molecule has 0 bridgehead atoms. The van der Waals surface area contributed by atoms with Gasteiger partial charge in [0.05, 0.1) is 0 Å². The average molecular weight is 166 g/mol. The van der Waals surface area contributed by atoms with Gasteiger partial charge >= 0.3 is 83.4 Å². The second-order valence-electron chi connectivity index (χ2n) is 5.13. The average Bonchev–Trinajstić information content (AvgIpc) is 1.62. The van der Waals surface area contributed by atoms with Crippen molar-refractivity contribution in [3.05, 3.63) is 0 Å². The van der Waals surface area contributed by atoms with E-state index in [4.69, 9.17) is 0 Å². The number of rotatable bonds is 1. The summed E-state index contributed by atoms with van der Waals surface area (Å²) in [6.07, 6.45) is 0. The van der Waals surface area contributed by atoms with E-state index in [9.17, 15) is 0 Å². The molecule has 0 rings (SSSR count). The van der Waals surface area contributed by atoms with Crippen LogP contribution in [0.5, 0.6) is 0 Å². The van der Waals surface area contributed by atoms with Gasteiger partial charge in [0, 0.05) is 0 Å². The van der Waals surface area contributed by atoms with E-state index < -0.39 is 4.63 Å². The fourth-order valence-electron chi connectivity index (χ4n) is 0.866. The molecule has 2 heteroatoms. The predicted octanol–water partition coefficient (Wildman–Crippen LogP) is 2.94. The van der Waals surface area contributed by atoms with Crippen molar-refractivity contribution in [3.63, 3.8) is 0 Å². The topological polar surface area (TPSA) is 0 Å². The Balaban J connectivity index is 4.40. The van der Waals surface area contributed by atoms with Crippen LogP contribution in [0.2, 0.25) is 17.1 Å². The molecule has 0 aliphatic carbocycles. The molecule has 0 saturated carbocycles. The van der Waals surface area contributed by atoms with Crippen molar-refractivity contribution in [2.75, 3.05) is 0 Å². The summed E-state index contributed by atoms with van der Waals surface area (Å²) in [6, 6.07) is 0. The zero-order chi connectivity index (χ0) is 8.58. The molecule has 0 aromatic heterocycles. The van der Waals surface area contributed by atoms with E-state index in [2.05, 4.69) is 41.2 Å². The second kappa shape index (κ2) is 3.30. The number of hydrogen-bond donors (Lipinski definition) is 0. The van der Waals surface area contributed by atoms with E-state index >= 15 is 0 Å². The van der Waals surface area contributed by atoms with E-state index in [-0.39, 0.29) is 0 Å². The second-order valence-corrected chi connectivity index (χ2v) is 17.5. The zero-order valence-corrected chi connectivity index (χ0v) is 11.6. The van der Waals surface area contributed by atoms with Gasteiger partial charge in [-0.05, 0) is 0 Å². The molecule has 0 amide bonds. The molecule has 10 heavy (non-hydrogen) atoms. The van der Waals surface area contributed by atoms with Crippen LogP contribution in [0.4, 0.5) is 0 Å². The normalized spacial score (nSPS) is 19.3. The van der Waals surface area contributed by atoms with Gasteiger partial charge in [0.1, 0.15) is 0 Å². The first-order valence-electron chi connectivity index (χ1n) is 4.19. The number of hydrogen-bond acceptors (Lipinski definition) is 0. The molecule has 0 saturated heterocycles. The Morgan fingerprint density at radius 3 is 1.50 bits per heavy atom. The standard InChI is InChI=1S/C8H19Si.Na/c1-7(2)9(6)8(3,4)5;/h7H,1-6H3;. The van der Waals surface area contributed by atoms with Gasteiger partial charge in [-0.2, -0.15) is 0 Å². The van der Waals surface area contributed by atoms with Gasteiger partial charge < -0.3 is 0 Å². The summed E-state index contributed by atoms with van der Waals surface area (Å²) in [5.41, 5.74) is 0.958. The molecule has 0 spiro atoms. The van der Waals surface area contributed by atoms with Gasteiger partial charge in [-0.15, -0.1) is 0 Å². The van der Waals surface area contributed by atoms with Gasteiger partial charge in [-0.25, -0.2) is 0 Å². The Bertz CT molecular complexity index is 111. The van der Waals surface area contributed by atoms with E-state index in [1.807, 2.05) is 0 Å². The predicted molar refractivity (Wildman–Crippen MR) is 52.2 cm³/mol. The van der Waals surface area contributed by atoms with Crippen molar-refractivity contribution >= 4 is 31.7 Å². The first-order chi connectivity index (χ1) is 4.19. The van der Waals surface area contributed by atoms with Crippen LogP contribution < -0.4 is 0 Å². The van der Waals surface area contributed by atoms with Crippen LogP contribution in [0, 0.1) is 0 Å². The molecule has 0 aromatic carbocycles. The molecule has 0 heterocycles. The first kappa shape index (κ1) is 11.2. The van der Waals surface area contributed by atoms with E-state index in [0.717, 1.165) is 5.54 Å². The van der Waals surface area contributed by atoms with E-state index in [1.165, 1.54) is 27.0 Å². The molecular formula is C8H19NaSi. The van der Waals surface area contributed by atoms with Crippen LogP contribution in [-0.4, -0.2) is 31.7 Å². The Morgan fingerprint density at radius 2 is 1.50 bits per heavy atom. The monoisotopic (exact) mass is 166 g/mol. The maximum absolute atomic E-state index is 2.55. The third-order valence-electron chi connectivity index (χ3n) is 3.38. The quantitative estimate of drug-likeness (QED) is 0.525. The van der Waals surface area contributed by atoms with Crippen molar-refractivity contribution in [1.82, 2.24) is 0 Å². The summed E-state index contributed by atoms with van der Waals surface area (Å²) < 4.78 is -0.843. The summed E-state index contributed by atoms with van der Waals surface area (Å²) in [6.45, 7) is 14.6. The zero-order valence-electron chi connectivity index (χ0n) is 8.58. The van der Waals surface area contributed by atoms with E-state index in [0.29, 0.717) is 5.04 Å². The first-order valence-corrected chi connectivity index (χ1v) is 10.3. The third kappa shape index (κ3) is 2.37. The van der Waals surface area contributed by atoms with Crippen LogP contribution in [0.25, 0.3) is 0 Å². The fourth-order valence-corrected chi connectivity index (χ4v) is 2.60. The Morgan fingerprint density at radius 1 is 1.20 bits per heavy atom. The van der Waals surface area contributed by atoms with Gasteiger partial charge in [0.25, 0.3) is 0 Å². The van der Waals surface area contributed by atoms with Gasteiger partial charge in [0.2, 0.25) is 0 Å². The molecule has 0 N–H and O–H groups in total. The van der Waals surface area contributed by atoms with Crippen LogP contribution in [0.15, 0.2) is 0 Å². The van der Waals surface area contributed by atoms with Crippen LogP contribution in [-0.2, 0) is 0 Å². The molecule has 0 fully saturated rings. The Kier molecular flexibility index (Phi) is 3.70. The van der Waals surface area contributed by atoms with Gasteiger partial charge in [-0.1, -0.05) is 0 Å². The van der Waals surface area contributed by atoms with Crippen molar-refractivity contribution in [3.8, 4) is 0 Å². The summed E-state index contributed by atoms with van der Waals surface area (Å²) >= 11 is 1.43. The van der Waals surface area contributed by atoms with Crippen LogP contribution in [0.3, 0.4) is 0 Å². The van der Waals surface area contributed by atoms with E-state index in [1.54, 1.807) is 0 Å². The van der Waals surface area contributed by atoms with Gasteiger partial charge in [0.15, 0.2) is 0 Å². The maximum atomic E-state index is 2.55. The molecule has 0 aromatic rings. The summed E-state index contributed by atoms with van der Waals surface area (Å²) in [5.74, 6) is 0. The summed E-state index contributed by atoms with van der Waals surface area (Å²) in [5, 5.41) is 0.618. The molecule has 1 atom stereocenters. The molecule has 0 aliphatic heterocycles. The van der Waals surface area contributed by atoms with Gasteiger partial charge in [-0.3, -0.25) is 0 Å². The molecule has 0 radical (unpaired) electrons.